The van der Waals surface area contributed by atoms with Crippen LogP contribution in [-0.4, -0.2) is 9.97 Å². The summed E-state index contributed by atoms with van der Waals surface area (Å²) in [5.74, 6) is 3.16. The third-order valence-corrected chi connectivity index (χ3v) is 6.07. The maximum atomic E-state index is 5.78. The fourth-order valence-electron chi connectivity index (χ4n) is 2.31. The van der Waals surface area contributed by atoms with E-state index < -0.39 is 0 Å². The van der Waals surface area contributed by atoms with Crippen molar-refractivity contribution in [3.8, 4) is 23.0 Å². The van der Waals surface area contributed by atoms with E-state index in [9.17, 15) is 0 Å². The molecule has 0 radical (unpaired) electrons. The summed E-state index contributed by atoms with van der Waals surface area (Å²) in [6.45, 7) is 0. The smallest absolute Gasteiger partial charge is 0.130 e. The molecule has 4 nitrogen and oxygen atoms in total. The average molecular weight is 405 g/mol. The number of nitrogens with zero attached hydrogens (tertiary/aromatic N) is 2. The van der Waals surface area contributed by atoms with Gasteiger partial charge in [-0.3, -0.25) is 9.97 Å². The molecule has 0 aliphatic carbocycles. The fourth-order valence-corrected chi connectivity index (χ4v) is 4.24. The molecule has 0 saturated heterocycles. The van der Waals surface area contributed by atoms with Crippen LogP contribution in [-0.2, 0) is 0 Å². The minimum Gasteiger partial charge on any atom is -0.457 e. The molecular weight excluding hydrogens is 388 g/mol. The van der Waals surface area contributed by atoms with Crippen molar-refractivity contribution < 1.29 is 9.47 Å². The predicted molar refractivity (Wildman–Crippen MR) is 113 cm³/mol. The van der Waals surface area contributed by atoms with E-state index in [4.69, 9.17) is 9.47 Å². The van der Waals surface area contributed by atoms with E-state index >= 15 is 0 Å². The Morgan fingerprint density at radius 2 is 0.750 bits per heavy atom. The molecule has 0 aliphatic rings. The lowest BCUT2D eigenvalue weighted by Gasteiger charge is -2.07. The van der Waals surface area contributed by atoms with Crippen LogP contribution < -0.4 is 9.47 Å². The molecule has 0 N–H and O–H groups in total. The minimum absolute atomic E-state index is 0.777. The Labute approximate surface area is 171 Å². The zero-order valence-electron chi connectivity index (χ0n) is 14.8. The largest absolute Gasteiger partial charge is 0.457 e. The van der Waals surface area contributed by atoms with Crippen molar-refractivity contribution in [3.63, 3.8) is 0 Å². The van der Waals surface area contributed by atoms with E-state index in [0.717, 1.165) is 32.8 Å². The monoisotopic (exact) mass is 404 g/mol. The summed E-state index contributed by atoms with van der Waals surface area (Å²) in [7, 11) is 3.40. The van der Waals surface area contributed by atoms with Crippen molar-refractivity contribution in [2.24, 2.45) is 0 Å². The second-order valence-corrected chi connectivity index (χ2v) is 7.96. The number of hydrogen-bond acceptors (Lipinski definition) is 6. The highest BCUT2D eigenvalue weighted by atomic mass is 33.1. The number of rotatable bonds is 7. The third-order valence-electron chi connectivity index (χ3n) is 3.65. The standard InChI is InChI=1S/C22H16N2O2S2/c1-5-21(6-2-17(1)25-19-9-13-23-14-10-19)27-28-22-7-3-18(4-8-22)26-20-11-15-24-16-12-20/h1-16H. The van der Waals surface area contributed by atoms with Crippen molar-refractivity contribution in [2.75, 3.05) is 0 Å². The van der Waals surface area contributed by atoms with Crippen LogP contribution in [0.4, 0.5) is 0 Å². The Morgan fingerprint density at radius 3 is 1.11 bits per heavy atom. The van der Waals surface area contributed by atoms with Crippen molar-refractivity contribution in [3.05, 3.63) is 97.6 Å². The molecule has 0 saturated carbocycles. The molecule has 0 amide bonds. The molecule has 4 aromatic rings. The van der Waals surface area contributed by atoms with Crippen LogP contribution in [0.15, 0.2) is 107 Å². The molecule has 6 heteroatoms. The Bertz CT molecular complexity index is 911. The van der Waals surface area contributed by atoms with Crippen molar-refractivity contribution >= 4 is 21.6 Å². The molecule has 0 fully saturated rings. The number of aromatic nitrogens is 2. The van der Waals surface area contributed by atoms with Gasteiger partial charge in [0, 0.05) is 34.6 Å². The van der Waals surface area contributed by atoms with Crippen LogP contribution >= 0.6 is 21.6 Å². The summed E-state index contributed by atoms with van der Waals surface area (Å²) in [5.41, 5.74) is 0. The van der Waals surface area contributed by atoms with Gasteiger partial charge in [0.25, 0.3) is 0 Å². The fraction of sp³-hybridized carbons (Fsp3) is 0. The first-order valence-corrected chi connectivity index (χ1v) is 10.7. The Kier molecular flexibility index (Phi) is 6.11. The minimum atomic E-state index is 0.777. The van der Waals surface area contributed by atoms with Crippen LogP contribution in [0, 0.1) is 0 Å². The highest BCUT2D eigenvalue weighted by Crippen LogP contribution is 2.38. The van der Waals surface area contributed by atoms with E-state index in [1.165, 1.54) is 0 Å². The first-order chi connectivity index (χ1) is 13.8. The van der Waals surface area contributed by atoms with Gasteiger partial charge in [-0.05, 0) is 72.8 Å². The Hall–Kier alpha value is -2.96. The van der Waals surface area contributed by atoms with E-state index in [1.54, 1.807) is 46.4 Å². The maximum Gasteiger partial charge on any atom is 0.130 e. The Balaban J connectivity index is 1.30. The first-order valence-electron chi connectivity index (χ1n) is 8.55. The van der Waals surface area contributed by atoms with Crippen molar-refractivity contribution in [1.82, 2.24) is 9.97 Å². The van der Waals surface area contributed by atoms with Crippen LogP contribution in [0.2, 0.25) is 0 Å². The van der Waals surface area contributed by atoms with Gasteiger partial charge < -0.3 is 9.47 Å². The van der Waals surface area contributed by atoms with Gasteiger partial charge in [-0.25, -0.2) is 0 Å². The molecule has 138 valence electrons. The van der Waals surface area contributed by atoms with E-state index in [2.05, 4.69) is 34.2 Å². The van der Waals surface area contributed by atoms with Gasteiger partial charge in [0.2, 0.25) is 0 Å². The quantitative estimate of drug-likeness (QED) is 0.314. The van der Waals surface area contributed by atoms with Crippen molar-refractivity contribution in [2.45, 2.75) is 9.79 Å². The summed E-state index contributed by atoms with van der Waals surface area (Å²) >= 11 is 0. The zero-order valence-corrected chi connectivity index (χ0v) is 16.4. The summed E-state index contributed by atoms with van der Waals surface area (Å²) < 4.78 is 11.6. The van der Waals surface area contributed by atoms with Crippen molar-refractivity contribution in [1.29, 1.82) is 0 Å². The molecule has 2 aromatic heterocycles. The van der Waals surface area contributed by atoms with Gasteiger partial charge in [0.05, 0.1) is 0 Å². The predicted octanol–water partition coefficient (Wildman–Crippen LogP) is 6.86. The molecular formula is C22H16N2O2S2. The molecule has 0 aliphatic heterocycles. The van der Waals surface area contributed by atoms with Gasteiger partial charge in [-0.1, -0.05) is 21.6 Å². The van der Waals surface area contributed by atoms with Gasteiger partial charge in [0.1, 0.15) is 23.0 Å². The summed E-state index contributed by atoms with van der Waals surface area (Å²) in [4.78, 5) is 10.3. The topological polar surface area (TPSA) is 44.2 Å². The Morgan fingerprint density at radius 1 is 0.429 bits per heavy atom. The van der Waals surface area contributed by atoms with Gasteiger partial charge >= 0.3 is 0 Å². The first kappa shape index (κ1) is 18.4. The molecule has 0 atom stereocenters. The maximum absolute atomic E-state index is 5.78. The third kappa shape index (κ3) is 5.28. The van der Waals surface area contributed by atoms with Crippen LogP contribution in [0.5, 0.6) is 23.0 Å². The van der Waals surface area contributed by atoms with Gasteiger partial charge in [0.15, 0.2) is 0 Å². The van der Waals surface area contributed by atoms with E-state index in [1.807, 2.05) is 48.5 Å². The lowest BCUT2D eigenvalue weighted by molar-refractivity contribution is 0.481. The summed E-state index contributed by atoms with van der Waals surface area (Å²) in [5, 5.41) is 0. The van der Waals surface area contributed by atoms with Crippen LogP contribution in [0.3, 0.4) is 0 Å². The van der Waals surface area contributed by atoms with Crippen LogP contribution in [0.1, 0.15) is 0 Å². The number of pyridine rings is 2. The molecule has 4 rings (SSSR count). The number of ether oxygens (including phenoxy) is 2. The number of benzene rings is 2. The normalized spacial score (nSPS) is 10.4. The molecule has 28 heavy (non-hydrogen) atoms. The molecule has 2 aromatic carbocycles. The van der Waals surface area contributed by atoms with Gasteiger partial charge in [-0.2, -0.15) is 0 Å². The van der Waals surface area contributed by atoms with E-state index in [-0.39, 0.29) is 0 Å². The van der Waals surface area contributed by atoms with E-state index in [0.29, 0.717) is 0 Å². The highest BCUT2D eigenvalue weighted by Gasteiger charge is 2.02. The molecule has 0 unspecified atom stereocenters. The second kappa shape index (κ2) is 9.30. The zero-order chi connectivity index (χ0) is 19.0. The van der Waals surface area contributed by atoms with Gasteiger partial charge in [-0.15, -0.1) is 0 Å². The SMILES string of the molecule is c1cc(Oc2ccc(SSc3ccc(Oc4ccncc4)cc3)cc2)ccn1. The molecule has 0 bridgehead atoms. The second-order valence-electron chi connectivity index (χ2n) is 5.68. The highest BCUT2D eigenvalue weighted by molar-refractivity contribution is 8.76. The summed E-state index contributed by atoms with van der Waals surface area (Å²) in [6.07, 6.45) is 6.85. The lowest BCUT2D eigenvalue weighted by atomic mass is 10.3. The van der Waals surface area contributed by atoms with Crippen LogP contribution in [0.25, 0.3) is 0 Å². The molecule has 0 spiro atoms. The summed E-state index contributed by atoms with van der Waals surface area (Å²) in [6, 6.07) is 23.4. The molecule has 2 heterocycles. The average Bonchev–Trinajstić information content (AvgIpc) is 2.76. The lowest BCUT2D eigenvalue weighted by Crippen LogP contribution is -1.84. The number of hydrogen-bond donors (Lipinski definition) is 0.